The van der Waals surface area contributed by atoms with E-state index in [1.165, 1.54) is 28.1 Å². The normalized spacial score (nSPS) is 13.9. The third-order valence-corrected chi connectivity index (χ3v) is 3.38. The Hall–Kier alpha value is -1.25. The highest BCUT2D eigenvalue weighted by molar-refractivity contribution is 5.85. The molecule has 3 rings (SSSR count). The van der Waals surface area contributed by atoms with Gasteiger partial charge in [-0.2, -0.15) is 0 Å². The molecule has 2 heterocycles. The molecule has 2 nitrogen and oxygen atoms in total. The first kappa shape index (κ1) is 12.2. The summed E-state index contributed by atoms with van der Waals surface area (Å²) in [5.74, 6) is 0. The number of aromatic amines is 1. The maximum absolute atomic E-state index is 3.58. The van der Waals surface area contributed by atoms with E-state index < -0.39 is 0 Å². The van der Waals surface area contributed by atoms with Gasteiger partial charge in [0, 0.05) is 30.9 Å². The van der Waals surface area contributed by atoms with Crippen LogP contribution in [-0.4, -0.2) is 11.5 Å². The molecule has 0 atom stereocenters. The molecule has 1 aliphatic heterocycles. The Kier molecular flexibility index (Phi) is 3.55. The van der Waals surface area contributed by atoms with Gasteiger partial charge < -0.3 is 10.3 Å². The van der Waals surface area contributed by atoms with Crippen molar-refractivity contribution in [2.75, 3.05) is 6.54 Å². The summed E-state index contributed by atoms with van der Waals surface area (Å²) in [6.45, 7) is 4.30. The van der Waals surface area contributed by atoms with Gasteiger partial charge in [-0.05, 0) is 23.6 Å². The van der Waals surface area contributed by atoms with E-state index in [0.717, 1.165) is 19.5 Å². The molecule has 0 unspecified atom stereocenters. The van der Waals surface area contributed by atoms with Crippen LogP contribution in [0, 0.1) is 6.92 Å². The third-order valence-electron chi connectivity index (χ3n) is 3.38. The average molecular weight is 249 g/mol. The summed E-state index contributed by atoms with van der Waals surface area (Å²) in [4.78, 5) is 3.58. The Morgan fingerprint density at radius 2 is 1.88 bits per heavy atom. The minimum absolute atomic E-state index is 0. The van der Waals surface area contributed by atoms with Gasteiger partial charge in [0.1, 0.15) is 0 Å². The van der Waals surface area contributed by atoms with E-state index in [9.17, 15) is 0 Å². The second kappa shape index (κ2) is 4.94. The summed E-state index contributed by atoms with van der Waals surface area (Å²) in [6.07, 6.45) is 1.11. The summed E-state index contributed by atoms with van der Waals surface area (Å²) >= 11 is 0. The molecule has 0 bridgehead atoms. The number of halogens is 1. The predicted octanol–water partition coefficient (Wildman–Crippen LogP) is 3.06. The van der Waals surface area contributed by atoms with E-state index >= 15 is 0 Å². The molecule has 2 N–H and O–H groups in total. The molecule has 2 aromatic rings. The van der Waals surface area contributed by atoms with Crippen LogP contribution < -0.4 is 5.32 Å². The molecule has 0 saturated carbocycles. The predicted molar refractivity (Wildman–Crippen MR) is 73.6 cm³/mol. The standard InChI is InChI=1S/C14H16N2.ClH/c1-10-12-9-15-8-7-13(12)16-14(10)11-5-3-2-4-6-11;/h2-6,15-16H,7-9H2,1H3;1H. The summed E-state index contributed by atoms with van der Waals surface area (Å²) in [7, 11) is 0. The van der Waals surface area contributed by atoms with Crippen LogP contribution in [0.3, 0.4) is 0 Å². The molecule has 0 aliphatic carbocycles. The fourth-order valence-corrected chi connectivity index (χ4v) is 2.47. The number of hydrogen-bond donors (Lipinski definition) is 2. The van der Waals surface area contributed by atoms with Crippen molar-refractivity contribution in [3.63, 3.8) is 0 Å². The molecule has 1 aromatic carbocycles. The van der Waals surface area contributed by atoms with Gasteiger partial charge in [-0.25, -0.2) is 0 Å². The summed E-state index contributed by atoms with van der Waals surface area (Å²) in [5, 5.41) is 3.43. The first-order valence-electron chi connectivity index (χ1n) is 5.82. The highest BCUT2D eigenvalue weighted by atomic mass is 35.5. The number of benzene rings is 1. The van der Waals surface area contributed by atoms with Crippen molar-refractivity contribution < 1.29 is 0 Å². The molecule has 17 heavy (non-hydrogen) atoms. The topological polar surface area (TPSA) is 27.8 Å². The van der Waals surface area contributed by atoms with E-state index in [0.29, 0.717) is 0 Å². The molecule has 0 amide bonds. The van der Waals surface area contributed by atoms with Gasteiger partial charge in [-0.15, -0.1) is 12.4 Å². The van der Waals surface area contributed by atoms with Crippen LogP contribution in [0.15, 0.2) is 30.3 Å². The lowest BCUT2D eigenvalue weighted by Gasteiger charge is -2.12. The maximum Gasteiger partial charge on any atom is 0.0489 e. The summed E-state index contributed by atoms with van der Waals surface area (Å²) in [5.41, 5.74) is 6.84. The van der Waals surface area contributed by atoms with Gasteiger partial charge >= 0.3 is 0 Å². The van der Waals surface area contributed by atoms with Crippen molar-refractivity contribution in [3.05, 3.63) is 47.2 Å². The van der Waals surface area contributed by atoms with E-state index in [2.05, 4.69) is 47.6 Å². The molecule has 90 valence electrons. The van der Waals surface area contributed by atoms with Crippen LogP contribution >= 0.6 is 12.4 Å². The van der Waals surface area contributed by atoms with Crippen LogP contribution in [0.4, 0.5) is 0 Å². The average Bonchev–Trinajstić information content (AvgIpc) is 2.69. The molecule has 0 radical (unpaired) electrons. The Morgan fingerprint density at radius 1 is 1.12 bits per heavy atom. The molecule has 0 spiro atoms. The number of hydrogen-bond acceptors (Lipinski definition) is 1. The second-order valence-corrected chi connectivity index (χ2v) is 4.37. The van der Waals surface area contributed by atoms with Crippen molar-refractivity contribution >= 4 is 12.4 Å². The molecular weight excluding hydrogens is 232 g/mol. The largest absolute Gasteiger partial charge is 0.358 e. The number of fused-ring (bicyclic) bond motifs is 1. The van der Waals surface area contributed by atoms with Gasteiger partial charge in [0.25, 0.3) is 0 Å². The van der Waals surface area contributed by atoms with E-state index in [1.54, 1.807) is 0 Å². The number of aromatic nitrogens is 1. The first-order chi connectivity index (χ1) is 7.86. The fraction of sp³-hybridized carbons (Fsp3) is 0.286. The Morgan fingerprint density at radius 3 is 2.59 bits per heavy atom. The van der Waals surface area contributed by atoms with E-state index in [4.69, 9.17) is 0 Å². The maximum atomic E-state index is 3.58. The lowest BCUT2D eigenvalue weighted by Crippen LogP contribution is -2.23. The fourth-order valence-electron chi connectivity index (χ4n) is 2.47. The van der Waals surface area contributed by atoms with Crippen LogP contribution in [0.5, 0.6) is 0 Å². The van der Waals surface area contributed by atoms with Gasteiger partial charge in [0.15, 0.2) is 0 Å². The third kappa shape index (κ3) is 2.11. The van der Waals surface area contributed by atoms with Gasteiger partial charge in [0.2, 0.25) is 0 Å². The molecule has 1 aliphatic rings. The lowest BCUT2D eigenvalue weighted by molar-refractivity contribution is 0.636. The minimum atomic E-state index is 0. The molecule has 0 fully saturated rings. The first-order valence-corrected chi connectivity index (χ1v) is 5.82. The van der Waals surface area contributed by atoms with Gasteiger partial charge in [0.05, 0.1) is 0 Å². The van der Waals surface area contributed by atoms with Crippen molar-refractivity contribution in [2.24, 2.45) is 0 Å². The monoisotopic (exact) mass is 248 g/mol. The number of rotatable bonds is 1. The zero-order chi connectivity index (χ0) is 11.0. The molecule has 1 aromatic heterocycles. The van der Waals surface area contributed by atoms with Crippen molar-refractivity contribution in [2.45, 2.75) is 19.9 Å². The van der Waals surface area contributed by atoms with Crippen molar-refractivity contribution in [1.82, 2.24) is 10.3 Å². The van der Waals surface area contributed by atoms with Gasteiger partial charge in [-0.3, -0.25) is 0 Å². The SMILES string of the molecule is Cc1c(-c2ccccc2)[nH]c2c1CNCC2.Cl. The van der Waals surface area contributed by atoms with Crippen LogP contribution in [0.25, 0.3) is 11.3 Å². The van der Waals surface area contributed by atoms with Crippen LogP contribution in [-0.2, 0) is 13.0 Å². The zero-order valence-electron chi connectivity index (χ0n) is 9.92. The van der Waals surface area contributed by atoms with Crippen LogP contribution in [0.2, 0.25) is 0 Å². The molecular formula is C14H17ClN2. The summed E-state index contributed by atoms with van der Waals surface area (Å²) in [6, 6.07) is 10.6. The lowest BCUT2D eigenvalue weighted by atomic mass is 10.0. The Labute approximate surface area is 108 Å². The Balaban J connectivity index is 0.00000108. The van der Waals surface area contributed by atoms with Crippen LogP contribution in [0.1, 0.15) is 16.8 Å². The summed E-state index contributed by atoms with van der Waals surface area (Å²) < 4.78 is 0. The highest BCUT2D eigenvalue weighted by Gasteiger charge is 2.17. The van der Waals surface area contributed by atoms with Crippen molar-refractivity contribution in [3.8, 4) is 11.3 Å². The van der Waals surface area contributed by atoms with E-state index in [-0.39, 0.29) is 12.4 Å². The smallest absolute Gasteiger partial charge is 0.0489 e. The van der Waals surface area contributed by atoms with E-state index in [1.807, 2.05) is 0 Å². The zero-order valence-corrected chi connectivity index (χ0v) is 10.7. The molecule has 3 heteroatoms. The minimum Gasteiger partial charge on any atom is -0.358 e. The van der Waals surface area contributed by atoms with Crippen molar-refractivity contribution in [1.29, 1.82) is 0 Å². The molecule has 0 saturated heterocycles. The van der Waals surface area contributed by atoms with Gasteiger partial charge in [-0.1, -0.05) is 30.3 Å². The Bertz CT molecular complexity index is 502. The number of H-pyrrole nitrogens is 1. The highest BCUT2D eigenvalue weighted by Crippen LogP contribution is 2.28. The number of nitrogens with one attached hydrogen (secondary N) is 2. The quantitative estimate of drug-likeness (QED) is 0.798. The second-order valence-electron chi connectivity index (χ2n) is 4.37.